The largest absolute Gasteiger partial charge is 0.497 e. The Hall–Kier alpha value is -2.87. The Bertz CT molecular complexity index is 709. The third kappa shape index (κ3) is 2.01. The molecule has 1 aromatic rings. The number of nitrogens with zero attached hydrogens (tertiary/aromatic N) is 2. The molecule has 0 bridgehead atoms. The summed E-state index contributed by atoms with van der Waals surface area (Å²) in [5, 5.41) is 9.23. The zero-order valence-corrected chi connectivity index (χ0v) is 12.0. The van der Waals surface area contributed by atoms with E-state index in [0.717, 1.165) is 11.3 Å². The highest BCUT2D eigenvalue weighted by molar-refractivity contribution is 6.03. The average Bonchev–Trinajstić information content (AvgIpc) is 2.55. The van der Waals surface area contributed by atoms with Crippen molar-refractivity contribution in [3.8, 4) is 11.8 Å². The first-order valence-electron chi connectivity index (χ1n) is 6.87. The number of hydrogen-bond donors (Lipinski definition) is 0. The quantitative estimate of drug-likeness (QED) is 0.794. The molecule has 1 atom stereocenters. The number of amides is 1. The Morgan fingerprint density at radius 3 is 2.41 bits per heavy atom. The van der Waals surface area contributed by atoms with E-state index >= 15 is 0 Å². The van der Waals surface area contributed by atoms with E-state index in [-0.39, 0.29) is 11.7 Å². The molecule has 1 spiro atoms. The van der Waals surface area contributed by atoms with Crippen molar-refractivity contribution < 1.29 is 14.3 Å². The second-order valence-electron chi connectivity index (χ2n) is 5.29. The number of carbonyl (C=O) groups excluding carboxylic acids is 2. The van der Waals surface area contributed by atoms with Gasteiger partial charge in [0.05, 0.1) is 13.2 Å². The summed E-state index contributed by atoms with van der Waals surface area (Å²) in [6.45, 7) is 0.379. The molecule has 0 aromatic heterocycles. The zero-order valence-electron chi connectivity index (χ0n) is 12.0. The van der Waals surface area contributed by atoms with Gasteiger partial charge in [-0.05, 0) is 42.0 Å². The molecular formula is C17H14N2O3. The molecular weight excluding hydrogens is 280 g/mol. The normalized spacial score (nSPS) is 21.6. The molecule has 110 valence electrons. The van der Waals surface area contributed by atoms with Gasteiger partial charge in [-0.25, -0.2) is 0 Å². The highest BCUT2D eigenvalue weighted by Crippen LogP contribution is 2.42. The van der Waals surface area contributed by atoms with Crippen molar-refractivity contribution in [3.63, 3.8) is 0 Å². The molecule has 5 nitrogen and oxygen atoms in total. The number of likely N-dealkylation sites (tertiary alicyclic amines) is 1. The summed E-state index contributed by atoms with van der Waals surface area (Å²) < 4.78 is 5.11. The van der Waals surface area contributed by atoms with Crippen LogP contribution in [0.3, 0.4) is 0 Å². The molecule has 1 saturated heterocycles. The van der Waals surface area contributed by atoms with Crippen molar-refractivity contribution in [3.05, 3.63) is 54.1 Å². The van der Waals surface area contributed by atoms with Gasteiger partial charge in [-0.3, -0.25) is 9.59 Å². The van der Waals surface area contributed by atoms with Crippen LogP contribution in [0.4, 0.5) is 0 Å². The van der Waals surface area contributed by atoms with Gasteiger partial charge in [-0.15, -0.1) is 0 Å². The van der Waals surface area contributed by atoms with Crippen molar-refractivity contribution in [2.75, 3.05) is 7.11 Å². The van der Waals surface area contributed by atoms with Crippen LogP contribution < -0.4 is 4.74 Å². The molecule has 1 aromatic carbocycles. The van der Waals surface area contributed by atoms with Crippen LogP contribution in [0.25, 0.3) is 0 Å². The van der Waals surface area contributed by atoms with Crippen LogP contribution >= 0.6 is 0 Å². The average molecular weight is 294 g/mol. The van der Waals surface area contributed by atoms with Gasteiger partial charge in [0.1, 0.15) is 11.3 Å². The van der Waals surface area contributed by atoms with E-state index < -0.39 is 11.5 Å². The molecule has 5 heteroatoms. The van der Waals surface area contributed by atoms with E-state index in [1.165, 1.54) is 12.2 Å². The van der Waals surface area contributed by atoms with Crippen LogP contribution in [-0.4, -0.2) is 29.2 Å². The van der Waals surface area contributed by atoms with Crippen molar-refractivity contribution in [2.24, 2.45) is 5.92 Å². The van der Waals surface area contributed by atoms with Gasteiger partial charge < -0.3 is 9.64 Å². The van der Waals surface area contributed by atoms with Gasteiger partial charge in [0.25, 0.3) is 0 Å². The SMILES string of the molecule is COc1ccc(CN2C(=O)C(C#N)C23C=CC(=O)C=C3)cc1. The maximum Gasteiger partial charge on any atom is 0.244 e. The van der Waals surface area contributed by atoms with Gasteiger partial charge in [0, 0.05) is 6.54 Å². The standard InChI is InChI=1S/C17H14N2O3/c1-22-14-4-2-12(3-5-14)11-19-16(21)15(10-18)17(19)8-6-13(20)7-9-17/h2-9,15H,11H2,1H3. The zero-order chi connectivity index (χ0) is 15.7. The van der Waals surface area contributed by atoms with Crippen molar-refractivity contribution in [1.82, 2.24) is 4.90 Å². The molecule has 1 aliphatic heterocycles. The number of β-lactam (4-membered cyclic amide) rings is 1. The van der Waals surface area contributed by atoms with Crippen molar-refractivity contribution >= 4 is 11.7 Å². The summed E-state index contributed by atoms with van der Waals surface area (Å²) in [7, 11) is 1.59. The Balaban J connectivity index is 1.87. The van der Waals surface area contributed by atoms with Crippen molar-refractivity contribution in [1.29, 1.82) is 5.26 Å². The lowest BCUT2D eigenvalue weighted by Gasteiger charge is -2.52. The summed E-state index contributed by atoms with van der Waals surface area (Å²) in [6.07, 6.45) is 6.12. The topological polar surface area (TPSA) is 70.4 Å². The summed E-state index contributed by atoms with van der Waals surface area (Å²) >= 11 is 0. The summed E-state index contributed by atoms with van der Waals surface area (Å²) in [5.41, 5.74) is 0.128. The minimum Gasteiger partial charge on any atom is -0.497 e. The van der Waals surface area contributed by atoms with Crippen LogP contribution in [0.15, 0.2) is 48.6 Å². The van der Waals surface area contributed by atoms with E-state index in [2.05, 4.69) is 0 Å². The number of methoxy groups -OCH3 is 1. The fraction of sp³-hybridized carbons (Fsp3) is 0.235. The first-order valence-corrected chi connectivity index (χ1v) is 6.87. The predicted molar refractivity (Wildman–Crippen MR) is 78.7 cm³/mol. The van der Waals surface area contributed by atoms with Crippen LogP contribution in [0.5, 0.6) is 5.75 Å². The summed E-state index contributed by atoms with van der Waals surface area (Å²) in [5.74, 6) is -0.384. The predicted octanol–water partition coefficient (Wildman–Crippen LogP) is 1.61. The smallest absolute Gasteiger partial charge is 0.244 e. The molecule has 1 unspecified atom stereocenters. The van der Waals surface area contributed by atoms with Gasteiger partial charge in [-0.2, -0.15) is 5.26 Å². The van der Waals surface area contributed by atoms with E-state index in [0.29, 0.717) is 6.54 Å². The molecule has 1 heterocycles. The monoisotopic (exact) mass is 294 g/mol. The number of hydrogen-bond acceptors (Lipinski definition) is 4. The molecule has 1 amide bonds. The minimum absolute atomic E-state index is 0.133. The number of rotatable bonds is 3. The lowest BCUT2D eigenvalue weighted by molar-refractivity contribution is -0.157. The fourth-order valence-corrected chi connectivity index (χ4v) is 2.84. The first-order chi connectivity index (χ1) is 10.6. The molecule has 1 fully saturated rings. The highest BCUT2D eigenvalue weighted by atomic mass is 16.5. The molecule has 0 saturated carbocycles. The second-order valence-corrected chi connectivity index (χ2v) is 5.29. The first kappa shape index (κ1) is 14.1. The van der Waals surface area contributed by atoms with Crippen LogP contribution in [-0.2, 0) is 16.1 Å². The Labute approximate surface area is 128 Å². The van der Waals surface area contributed by atoms with Gasteiger partial charge in [-0.1, -0.05) is 12.1 Å². The van der Waals surface area contributed by atoms with E-state index in [1.54, 1.807) is 24.2 Å². The second kappa shape index (κ2) is 5.15. The Kier molecular flexibility index (Phi) is 3.30. The molecule has 0 N–H and O–H groups in total. The van der Waals surface area contributed by atoms with Crippen LogP contribution in [0.2, 0.25) is 0 Å². The fourth-order valence-electron chi connectivity index (χ4n) is 2.84. The van der Waals surface area contributed by atoms with E-state index in [9.17, 15) is 14.9 Å². The highest BCUT2D eigenvalue weighted by Gasteiger charge is 2.58. The number of ketones is 1. The number of benzene rings is 1. The number of allylic oxidation sites excluding steroid dienone is 2. The van der Waals surface area contributed by atoms with E-state index in [1.807, 2.05) is 30.3 Å². The molecule has 2 aliphatic rings. The Morgan fingerprint density at radius 1 is 1.23 bits per heavy atom. The number of nitriles is 1. The maximum absolute atomic E-state index is 12.2. The van der Waals surface area contributed by atoms with Crippen LogP contribution in [0.1, 0.15) is 5.56 Å². The summed E-state index contributed by atoms with van der Waals surface area (Å²) in [6, 6.07) is 9.43. The third-order valence-corrected chi connectivity index (χ3v) is 4.10. The molecule has 22 heavy (non-hydrogen) atoms. The van der Waals surface area contributed by atoms with Gasteiger partial charge in [0.15, 0.2) is 11.7 Å². The van der Waals surface area contributed by atoms with Gasteiger partial charge in [0.2, 0.25) is 5.91 Å². The van der Waals surface area contributed by atoms with E-state index in [4.69, 9.17) is 4.74 Å². The molecule has 0 radical (unpaired) electrons. The van der Waals surface area contributed by atoms with Crippen molar-refractivity contribution in [2.45, 2.75) is 12.1 Å². The Morgan fingerprint density at radius 2 is 1.86 bits per heavy atom. The third-order valence-electron chi connectivity index (χ3n) is 4.10. The summed E-state index contributed by atoms with van der Waals surface area (Å²) in [4.78, 5) is 25.1. The lowest BCUT2D eigenvalue weighted by atomic mass is 9.71. The lowest BCUT2D eigenvalue weighted by Crippen LogP contribution is -2.68. The molecule has 3 rings (SSSR count). The van der Waals surface area contributed by atoms with Gasteiger partial charge >= 0.3 is 0 Å². The minimum atomic E-state index is -0.806. The van der Waals surface area contributed by atoms with Crippen LogP contribution in [0, 0.1) is 17.2 Å². The maximum atomic E-state index is 12.2. The number of carbonyl (C=O) groups is 2. The number of ether oxygens (including phenoxy) is 1. The molecule has 1 aliphatic carbocycles.